The number of hydrogen-bond donors (Lipinski definition) is 1. The van der Waals surface area contributed by atoms with E-state index in [1.54, 1.807) is 45.0 Å². The number of nitrogens with one attached hydrogen (secondary N) is 1. The molecule has 1 N–H and O–H groups in total. The van der Waals surface area contributed by atoms with Crippen molar-refractivity contribution >= 4 is 39.2 Å². The smallest absolute Gasteiger partial charge is 0.320 e. The van der Waals surface area contributed by atoms with Crippen molar-refractivity contribution in [2.75, 3.05) is 32.2 Å². The zero-order chi connectivity index (χ0) is 30.2. The lowest BCUT2D eigenvalue weighted by atomic mass is 9.83. The van der Waals surface area contributed by atoms with Crippen molar-refractivity contribution in [2.24, 2.45) is 0 Å². The van der Waals surface area contributed by atoms with Crippen LogP contribution in [-0.2, 0) is 29.9 Å². The molecular weight excluding hydrogens is 572 g/mol. The van der Waals surface area contributed by atoms with E-state index in [9.17, 15) is 18.0 Å². The first-order valence-electron chi connectivity index (χ1n) is 12.5. The summed E-state index contributed by atoms with van der Waals surface area (Å²) >= 11 is 6.41. The third-order valence-electron chi connectivity index (χ3n) is 6.40. The fraction of sp³-hybridized carbons (Fsp3) is 0.310. The molecule has 0 saturated carbocycles. The Hall–Kier alpha value is -3.80. The number of esters is 1. The molecule has 1 aliphatic rings. The molecule has 0 saturated heterocycles. The summed E-state index contributed by atoms with van der Waals surface area (Å²) in [7, 11) is -0.409. The van der Waals surface area contributed by atoms with Gasteiger partial charge < -0.3 is 18.9 Å². The summed E-state index contributed by atoms with van der Waals surface area (Å²) in [5.41, 5.74) is -2.17. The van der Waals surface area contributed by atoms with Gasteiger partial charge in [0.25, 0.3) is 15.9 Å². The Balaban J connectivity index is 1.98. The summed E-state index contributed by atoms with van der Waals surface area (Å²) in [6, 6.07) is 15.2. The average molecular weight is 603 g/mol. The molecule has 1 atom stereocenters. The van der Waals surface area contributed by atoms with Crippen LogP contribution < -0.4 is 23.8 Å². The number of carbonyl (C=O) groups excluding carboxylic acids is 2. The van der Waals surface area contributed by atoms with E-state index in [1.165, 1.54) is 57.7 Å². The Morgan fingerprint density at radius 1 is 0.927 bits per heavy atom. The summed E-state index contributed by atoms with van der Waals surface area (Å²) in [5, 5.41) is 3.27. The fourth-order valence-electron chi connectivity index (χ4n) is 4.75. The molecule has 1 unspecified atom stereocenters. The number of benzene rings is 3. The summed E-state index contributed by atoms with van der Waals surface area (Å²) in [4.78, 5) is 27.3. The standard InChI is InChI=1S/C29H31ClN2O8S/c1-28(2,3)40-26(33)17-31-29(20-9-7-8-10-23(20)38-5)21-15-18(30)11-13-22(21)32(27(29)34)41(35,36)25-14-12-19(37-4)16-24(25)39-6/h7-16,31H,17H2,1-6H3. The minimum absolute atomic E-state index is 0.0239. The van der Waals surface area contributed by atoms with Gasteiger partial charge in [0.2, 0.25) is 0 Å². The second kappa shape index (κ2) is 11.2. The number of para-hydroxylation sites is 1. The van der Waals surface area contributed by atoms with E-state index in [4.69, 9.17) is 30.5 Å². The monoisotopic (exact) mass is 602 g/mol. The normalized spacial score (nSPS) is 16.8. The molecule has 10 nitrogen and oxygen atoms in total. The van der Waals surface area contributed by atoms with Gasteiger partial charge in [-0.25, -0.2) is 12.7 Å². The molecule has 0 aromatic heterocycles. The van der Waals surface area contributed by atoms with E-state index < -0.39 is 39.6 Å². The number of amides is 1. The molecule has 3 aromatic carbocycles. The number of sulfonamides is 1. The third-order valence-corrected chi connectivity index (χ3v) is 8.38. The lowest BCUT2D eigenvalue weighted by molar-refractivity contribution is -0.154. The topological polar surface area (TPSA) is 120 Å². The van der Waals surface area contributed by atoms with Crippen LogP contribution in [0.5, 0.6) is 17.2 Å². The third kappa shape index (κ3) is 5.44. The van der Waals surface area contributed by atoms with Gasteiger partial charge in [-0.3, -0.25) is 14.9 Å². The molecule has 0 radical (unpaired) electrons. The number of hydrogen-bond acceptors (Lipinski definition) is 9. The maximum absolute atomic E-state index is 14.7. The van der Waals surface area contributed by atoms with Crippen LogP contribution in [0.25, 0.3) is 0 Å². The number of methoxy groups -OCH3 is 3. The summed E-state index contributed by atoms with van der Waals surface area (Å²) in [5.74, 6) is -0.931. The van der Waals surface area contributed by atoms with Gasteiger partial charge in [0, 0.05) is 22.2 Å². The number of nitrogens with zero attached hydrogens (tertiary/aromatic N) is 1. The Bertz CT molecular complexity index is 1600. The largest absolute Gasteiger partial charge is 0.497 e. The van der Waals surface area contributed by atoms with Crippen LogP contribution in [0.4, 0.5) is 5.69 Å². The Kier molecular flexibility index (Phi) is 8.26. The van der Waals surface area contributed by atoms with Crippen molar-refractivity contribution < 1.29 is 37.0 Å². The van der Waals surface area contributed by atoms with Gasteiger partial charge in [-0.1, -0.05) is 29.8 Å². The molecule has 3 aromatic rings. The van der Waals surface area contributed by atoms with Gasteiger partial charge in [-0.2, -0.15) is 0 Å². The second-order valence-corrected chi connectivity index (χ2v) is 12.3. The highest BCUT2D eigenvalue weighted by Crippen LogP contribution is 2.50. The van der Waals surface area contributed by atoms with Crippen molar-refractivity contribution in [3.8, 4) is 17.2 Å². The molecule has 218 valence electrons. The highest BCUT2D eigenvalue weighted by atomic mass is 35.5. The summed E-state index contributed by atoms with van der Waals surface area (Å²) in [6.07, 6.45) is 0. The number of fused-ring (bicyclic) bond motifs is 1. The van der Waals surface area contributed by atoms with Crippen LogP contribution in [0.3, 0.4) is 0 Å². The number of rotatable bonds is 9. The van der Waals surface area contributed by atoms with Gasteiger partial charge in [0.05, 0.1) is 33.6 Å². The Morgan fingerprint density at radius 2 is 1.61 bits per heavy atom. The van der Waals surface area contributed by atoms with Crippen LogP contribution in [-0.4, -0.2) is 53.8 Å². The van der Waals surface area contributed by atoms with Crippen molar-refractivity contribution in [1.82, 2.24) is 5.32 Å². The zero-order valence-electron chi connectivity index (χ0n) is 23.5. The molecule has 4 rings (SSSR count). The molecule has 0 bridgehead atoms. The maximum atomic E-state index is 14.7. The van der Waals surface area contributed by atoms with Gasteiger partial charge >= 0.3 is 5.97 Å². The molecule has 1 heterocycles. The average Bonchev–Trinajstić information content (AvgIpc) is 3.18. The first kappa shape index (κ1) is 30.2. The van der Waals surface area contributed by atoms with Crippen molar-refractivity contribution in [2.45, 2.75) is 36.8 Å². The van der Waals surface area contributed by atoms with Gasteiger partial charge in [0.1, 0.15) is 27.7 Å². The zero-order valence-corrected chi connectivity index (χ0v) is 25.1. The fourth-order valence-corrected chi connectivity index (χ4v) is 6.53. The first-order valence-corrected chi connectivity index (χ1v) is 14.3. The minimum atomic E-state index is -4.58. The number of halogens is 1. The molecule has 0 spiro atoms. The Labute approximate surface area is 244 Å². The van der Waals surface area contributed by atoms with E-state index in [2.05, 4.69) is 5.32 Å². The summed E-state index contributed by atoms with van der Waals surface area (Å²) in [6.45, 7) is 4.71. The van der Waals surface area contributed by atoms with Gasteiger partial charge in [-0.05, 0) is 57.2 Å². The quantitative estimate of drug-likeness (QED) is 0.358. The molecule has 0 fully saturated rings. The van der Waals surface area contributed by atoms with E-state index in [0.29, 0.717) is 10.1 Å². The Morgan fingerprint density at radius 3 is 2.24 bits per heavy atom. The van der Waals surface area contributed by atoms with Crippen LogP contribution in [0.15, 0.2) is 65.6 Å². The maximum Gasteiger partial charge on any atom is 0.320 e. The lowest BCUT2D eigenvalue weighted by Gasteiger charge is -2.32. The molecule has 1 amide bonds. The van der Waals surface area contributed by atoms with E-state index in [1.807, 2.05) is 0 Å². The lowest BCUT2D eigenvalue weighted by Crippen LogP contribution is -2.54. The van der Waals surface area contributed by atoms with Crippen molar-refractivity contribution in [3.63, 3.8) is 0 Å². The molecule has 1 aliphatic heterocycles. The predicted octanol–water partition coefficient (Wildman–Crippen LogP) is 4.28. The first-order chi connectivity index (χ1) is 19.3. The van der Waals surface area contributed by atoms with Gasteiger partial charge in [-0.15, -0.1) is 0 Å². The van der Waals surface area contributed by atoms with Crippen LogP contribution in [0.2, 0.25) is 5.02 Å². The summed E-state index contributed by atoms with van der Waals surface area (Å²) < 4.78 is 50.9. The van der Waals surface area contributed by atoms with Gasteiger partial charge in [0.15, 0.2) is 5.54 Å². The highest BCUT2D eigenvalue weighted by Gasteiger charge is 2.57. The van der Waals surface area contributed by atoms with Crippen LogP contribution >= 0.6 is 11.6 Å². The number of carbonyl (C=O) groups is 2. The molecular formula is C29H31ClN2O8S. The highest BCUT2D eigenvalue weighted by molar-refractivity contribution is 7.93. The van der Waals surface area contributed by atoms with Crippen LogP contribution in [0, 0.1) is 0 Å². The molecule has 41 heavy (non-hydrogen) atoms. The molecule has 12 heteroatoms. The second-order valence-electron chi connectivity index (χ2n) is 10.1. The van der Waals surface area contributed by atoms with Crippen molar-refractivity contribution in [1.29, 1.82) is 0 Å². The van der Waals surface area contributed by atoms with E-state index in [0.717, 1.165) is 0 Å². The van der Waals surface area contributed by atoms with E-state index in [-0.39, 0.29) is 38.2 Å². The predicted molar refractivity (Wildman–Crippen MR) is 153 cm³/mol. The van der Waals surface area contributed by atoms with E-state index >= 15 is 0 Å². The van der Waals surface area contributed by atoms with Crippen molar-refractivity contribution in [3.05, 3.63) is 76.8 Å². The number of ether oxygens (including phenoxy) is 4. The molecule has 0 aliphatic carbocycles. The minimum Gasteiger partial charge on any atom is -0.497 e. The number of anilines is 1. The SMILES string of the molecule is COc1ccc(S(=O)(=O)N2C(=O)C(NCC(=O)OC(C)(C)C)(c3ccccc3OC)c3cc(Cl)ccc32)c(OC)c1. The van der Waals surface area contributed by atoms with Crippen LogP contribution in [0.1, 0.15) is 31.9 Å².